The number of amides is 3. The van der Waals surface area contributed by atoms with Crippen molar-refractivity contribution in [1.29, 1.82) is 0 Å². The van der Waals surface area contributed by atoms with Crippen LogP contribution < -0.4 is 16.0 Å². The number of hydrogen-bond acceptors (Lipinski definition) is 4. The van der Waals surface area contributed by atoms with E-state index >= 15 is 0 Å². The highest BCUT2D eigenvalue weighted by atomic mass is 16.5. The molecule has 1 fully saturated rings. The number of carbonyl (C=O) groups excluding carboxylic acids is 2. The lowest BCUT2D eigenvalue weighted by Crippen LogP contribution is -2.52. The number of ether oxygens (including phenoxy) is 1. The Bertz CT molecular complexity index is 604. The van der Waals surface area contributed by atoms with Crippen molar-refractivity contribution in [2.75, 3.05) is 19.7 Å². The first-order chi connectivity index (χ1) is 13.0. The Labute approximate surface area is 161 Å². The van der Waals surface area contributed by atoms with Crippen molar-refractivity contribution in [1.82, 2.24) is 25.7 Å². The van der Waals surface area contributed by atoms with Gasteiger partial charge in [-0.1, -0.05) is 6.92 Å². The average molecular weight is 380 g/mol. The molecule has 1 aromatic heterocycles. The van der Waals surface area contributed by atoms with Crippen LogP contribution in [0, 0.1) is 12.8 Å². The molecule has 3 N–H and O–H groups in total. The fourth-order valence-corrected chi connectivity index (χ4v) is 3.43. The molecule has 0 spiro atoms. The number of urea groups is 1. The molecule has 1 aliphatic carbocycles. The lowest BCUT2D eigenvalue weighted by atomic mass is 9.83. The zero-order chi connectivity index (χ0) is 19.6. The number of nitrogens with zero attached hydrogens (tertiary/aromatic N) is 2. The molecule has 1 aliphatic rings. The highest BCUT2D eigenvalue weighted by Crippen LogP contribution is 2.27. The van der Waals surface area contributed by atoms with Gasteiger partial charge in [-0.15, -0.1) is 0 Å². The third-order valence-corrected chi connectivity index (χ3v) is 4.90. The van der Waals surface area contributed by atoms with Crippen LogP contribution in [0.4, 0.5) is 4.79 Å². The van der Waals surface area contributed by atoms with Gasteiger partial charge in [0.25, 0.3) is 0 Å². The van der Waals surface area contributed by atoms with E-state index < -0.39 is 0 Å². The van der Waals surface area contributed by atoms with E-state index in [2.05, 4.69) is 28.0 Å². The summed E-state index contributed by atoms with van der Waals surface area (Å²) in [7, 11) is 0. The van der Waals surface area contributed by atoms with Gasteiger partial charge in [-0.05, 0) is 45.6 Å². The summed E-state index contributed by atoms with van der Waals surface area (Å²) in [5, 5.41) is 13.0. The second-order valence-corrected chi connectivity index (χ2v) is 7.02. The quantitative estimate of drug-likeness (QED) is 0.607. The van der Waals surface area contributed by atoms with Gasteiger partial charge in [-0.25, -0.2) is 4.79 Å². The Morgan fingerprint density at radius 3 is 2.78 bits per heavy atom. The normalized spacial score (nSPS) is 22.3. The van der Waals surface area contributed by atoms with Crippen LogP contribution in [0.15, 0.2) is 12.3 Å². The summed E-state index contributed by atoms with van der Waals surface area (Å²) in [4.78, 5) is 24.4. The van der Waals surface area contributed by atoms with Crippen LogP contribution in [-0.4, -0.2) is 53.6 Å². The van der Waals surface area contributed by atoms with Crippen molar-refractivity contribution >= 4 is 11.9 Å². The largest absolute Gasteiger partial charge is 0.376 e. The topological polar surface area (TPSA) is 97.3 Å². The Balaban J connectivity index is 1.83. The first-order valence-electron chi connectivity index (χ1n) is 9.97. The predicted molar refractivity (Wildman–Crippen MR) is 103 cm³/mol. The molecule has 3 atom stereocenters. The summed E-state index contributed by atoms with van der Waals surface area (Å²) in [6, 6.07) is 1.71. The molecule has 0 aliphatic heterocycles. The summed E-state index contributed by atoms with van der Waals surface area (Å²) in [6.07, 6.45) is 4.65. The molecule has 152 valence electrons. The summed E-state index contributed by atoms with van der Waals surface area (Å²) < 4.78 is 7.82. The molecular weight excluding hydrogens is 346 g/mol. The highest BCUT2D eigenvalue weighted by molar-refractivity contribution is 5.79. The van der Waals surface area contributed by atoms with Gasteiger partial charge >= 0.3 is 6.03 Å². The number of aryl methyl sites for hydroxylation is 1. The van der Waals surface area contributed by atoms with Crippen molar-refractivity contribution in [2.24, 2.45) is 5.92 Å². The minimum Gasteiger partial charge on any atom is -0.376 e. The zero-order valence-corrected chi connectivity index (χ0v) is 16.7. The van der Waals surface area contributed by atoms with Crippen molar-refractivity contribution < 1.29 is 14.3 Å². The molecule has 8 nitrogen and oxygen atoms in total. The highest BCUT2D eigenvalue weighted by Gasteiger charge is 2.35. The fourth-order valence-electron chi connectivity index (χ4n) is 3.43. The summed E-state index contributed by atoms with van der Waals surface area (Å²) >= 11 is 0. The van der Waals surface area contributed by atoms with Gasteiger partial charge in [-0.3, -0.25) is 9.48 Å². The van der Waals surface area contributed by atoms with Gasteiger partial charge in [-0.2, -0.15) is 5.10 Å². The molecular formula is C19H33N5O3. The van der Waals surface area contributed by atoms with E-state index in [-0.39, 0.29) is 30.0 Å². The lowest BCUT2D eigenvalue weighted by molar-refractivity contribution is -0.128. The van der Waals surface area contributed by atoms with E-state index in [1.54, 1.807) is 6.20 Å². The third-order valence-electron chi connectivity index (χ3n) is 4.90. The summed E-state index contributed by atoms with van der Waals surface area (Å²) in [6.45, 7) is 8.36. The fraction of sp³-hybridized carbons (Fsp3) is 0.737. The van der Waals surface area contributed by atoms with Crippen LogP contribution in [0.25, 0.3) is 0 Å². The number of carbonyl (C=O) groups is 2. The van der Waals surface area contributed by atoms with Gasteiger partial charge in [0.15, 0.2) is 0 Å². The molecule has 8 heteroatoms. The van der Waals surface area contributed by atoms with E-state index in [1.807, 2.05) is 24.6 Å². The van der Waals surface area contributed by atoms with E-state index in [0.717, 1.165) is 25.0 Å². The predicted octanol–water partition coefficient (Wildman–Crippen LogP) is 1.59. The van der Waals surface area contributed by atoms with Crippen molar-refractivity contribution in [2.45, 2.75) is 65.1 Å². The molecule has 0 unspecified atom stereocenters. The second-order valence-electron chi connectivity index (χ2n) is 7.02. The van der Waals surface area contributed by atoms with E-state index in [9.17, 15) is 9.59 Å². The Morgan fingerprint density at radius 2 is 2.11 bits per heavy atom. The molecule has 1 aromatic rings. The molecule has 0 bridgehead atoms. The van der Waals surface area contributed by atoms with Crippen molar-refractivity contribution in [3.63, 3.8) is 0 Å². The van der Waals surface area contributed by atoms with E-state index in [1.165, 1.54) is 0 Å². The number of aromatic nitrogens is 2. The maximum Gasteiger partial charge on any atom is 0.315 e. The van der Waals surface area contributed by atoms with Crippen LogP contribution in [0.2, 0.25) is 0 Å². The third kappa shape index (κ3) is 6.53. The standard InChI is InChI=1S/C19H33N5O3/c1-4-12-27-17-13-15(6-7-16(17)23-19(26)20-5-2)18(25)21-10-11-24-14(3)8-9-22-24/h8-9,15-17H,4-7,10-13H2,1-3H3,(H,21,25)(H2,20,23,26)/t15-,16-,17-/m0/s1. The lowest BCUT2D eigenvalue weighted by Gasteiger charge is -2.35. The smallest absolute Gasteiger partial charge is 0.315 e. The maximum absolute atomic E-state index is 12.6. The molecule has 2 rings (SSSR count). The van der Waals surface area contributed by atoms with Gasteiger partial charge in [0.1, 0.15) is 0 Å². The van der Waals surface area contributed by atoms with Crippen LogP contribution in [0.3, 0.4) is 0 Å². The first-order valence-corrected chi connectivity index (χ1v) is 9.97. The zero-order valence-electron chi connectivity index (χ0n) is 16.7. The van der Waals surface area contributed by atoms with E-state index in [4.69, 9.17) is 4.74 Å². The minimum atomic E-state index is -0.176. The van der Waals surface area contributed by atoms with Gasteiger partial charge < -0.3 is 20.7 Å². The molecule has 0 radical (unpaired) electrons. The molecule has 1 saturated carbocycles. The van der Waals surface area contributed by atoms with Crippen LogP contribution in [0.1, 0.15) is 45.2 Å². The van der Waals surface area contributed by atoms with Crippen LogP contribution in [0.5, 0.6) is 0 Å². The summed E-state index contributed by atoms with van der Waals surface area (Å²) in [5.41, 5.74) is 1.08. The number of hydrogen-bond donors (Lipinski definition) is 3. The van der Waals surface area contributed by atoms with Crippen LogP contribution in [-0.2, 0) is 16.1 Å². The Kier molecular flexibility index (Phi) is 8.57. The molecule has 3 amide bonds. The van der Waals surface area contributed by atoms with Crippen molar-refractivity contribution in [3.05, 3.63) is 18.0 Å². The molecule has 0 aromatic carbocycles. The Morgan fingerprint density at radius 1 is 1.30 bits per heavy atom. The minimum absolute atomic E-state index is 0.0566. The molecule has 27 heavy (non-hydrogen) atoms. The van der Waals surface area contributed by atoms with Gasteiger partial charge in [0.05, 0.1) is 18.7 Å². The molecule has 0 saturated heterocycles. The Hall–Kier alpha value is -2.09. The number of nitrogens with one attached hydrogen (secondary N) is 3. The SMILES string of the molecule is CCCO[C@H]1C[C@@H](C(=O)NCCn2nccc2C)CC[C@@H]1NC(=O)NCC. The molecule has 1 heterocycles. The van der Waals surface area contributed by atoms with Gasteiger partial charge in [0.2, 0.25) is 5.91 Å². The van der Waals surface area contributed by atoms with Crippen molar-refractivity contribution in [3.8, 4) is 0 Å². The second kappa shape index (κ2) is 10.9. The summed E-state index contributed by atoms with van der Waals surface area (Å²) in [5.74, 6) is -0.0285. The van der Waals surface area contributed by atoms with Crippen LogP contribution >= 0.6 is 0 Å². The monoisotopic (exact) mass is 379 g/mol. The maximum atomic E-state index is 12.6. The van der Waals surface area contributed by atoms with Gasteiger partial charge in [0, 0.05) is 37.5 Å². The first kappa shape index (κ1) is 21.2. The number of rotatable bonds is 9. The average Bonchev–Trinajstić information content (AvgIpc) is 3.06. The van der Waals surface area contributed by atoms with E-state index in [0.29, 0.717) is 32.7 Å².